The Labute approximate surface area is 70.8 Å². The number of carbonyl (C=O) groups is 1. The number of phenolic OH excluding ortho intramolecular Hbond substituents is 1. The average molecular weight is 165 g/mol. The first-order valence-electron chi connectivity index (χ1n) is 3.70. The van der Waals surface area contributed by atoms with Crippen LogP contribution in [0.5, 0.6) is 5.75 Å². The lowest BCUT2D eigenvalue weighted by molar-refractivity contribution is 0.0967. The molecule has 3 heteroatoms. The monoisotopic (exact) mass is 165 g/mol. The number of carbonyl (C=O) groups excluding carboxylic acids is 1. The van der Waals surface area contributed by atoms with Gasteiger partial charge in [-0.2, -0.15) is 0 Å². The maximum atomic E-state index is 11.3. The van der Waals surface area contributed by atoms with E-state index in [2.05, 4.69) is 0 Å². The maximum Gasteiger partial charge on any atom is 0.179 e. The Morgan fingerprint density at radius 1 is 1.58 bits per heavy atom. The molecule has 0 aliphatic heterocycles. The summed E-state index contributed by atoms with van der Waals surface area (Å²) in [5.41, 5.74) is 5.84. The molecule has 0 radical (unpaired) electrons. The Morgan fingerprint density at radius 2 is 2.25 bits per heavy atom. The van der Waals surface area contributed by atoms with E-state index in [1.54, 1.807) is 19.1 Å². The van der Waals surface area contributed by atoms with Crippen LogP contribution in [0, 0.1) is 0 Å². The van der Waals surface area contributed by atoms with Gasteiger partial charge in [0, 0.05) is 5.56 Å². The van der Waals surface area contributed by atoms with Crippen LogP contribution in [0.1, 0.15) is 17.3 Å². The van der Waals surface area contributed by atoms with Crippen LogP contribution in [0.3, 0.4) is 0 Å². The molecule has 0 saturated heterocycles. The smallest absolute Gasteiger partial charge is 0.179 e. The third kappa shape index (κ3) is 1.83. The normalized spacial score (nSPS) is 12.5. The first-order chi connectivity index (χ1) is 5.61. The zero-order valence-corrected chi connectivity index (χ0v) is 6.82. The van der Waals surface area contributed by atoms with Crippen LogP contribution < -0.4 is 5.73 Å². The van der Waals surface area contributed by atoms with E-state index in [1.807, 2.05) is 0 Å². The summed E-state index contributed by atoms with van der Waals surface area (Å²) < 4.78 is 0. The van der Waals surface area contributed by atoms with Crippen LogP contribution in [-0.2, 0) is 0 Å². The van der Waals surface area contributed by atoms with E-state index in [0.717, 1.165) is 0 Å². The molecule has 3 nitrogen and oxygen atoms in total. The largest absolute Gasteiger partial charge is 0.508 e. The summed E-state index contributed by atoms with van der Waals surface area (Å²) in [5.74, 6) is -0.0765. The molecule has 64 valence electrons. The van der Waals surface area contributed by atoms with E-state index in [4.69, 9.17) is 10.8 Å². The molecule has 0 saturated carbocycles. The fourth-order valence-corrected chi connectivity index (χ4v) is 0.922. The SMILES string of the molecule is CC(N)C(=O)c1cccc(O)c1. The van der Waals surface area contributed by atoms with Gasteiger partial charge < -0.3 is 10.8 Å². The van der Waals surface area contributed by atoms with Gasteiger partial charge in [0.05, 0.1) is 6.04 Å². The zero-order chi connectivity index (χ0) is 9.14. The zero-order valence-electron chi connectivity index (χ0n) is 6.82. The van der Waals surface area contributed by atoms with Crippen molar-refractivity contribution in [2.45, 2.75) is 13.0 Å². The first-order valence-corrected chi connectivity index (χ1v) is 3.70. The molecule has 1 atom stereocenters. The third-order valence-corrected chi connectivity index (χ3v) is 1.54. The molecule has 0 heterocycles. The van der Waals surface area contributed by atoms with Crippen molar-refractivity contribution >= 4 is 5.78 Å². The minimum Gasteiger partial charge on any atom is -0.508 e. The van der Waals surface area contributed by atoms with Crippen LogP contribution in [0.25, 0.3) is 0 Å². The summed E-state index contributed by atoms with van der Waals surface area (Å²) in [5, 5.41) is 9.05. The van der Waals surface area contributed by atoms with Gasteiger partial charge in [-0.1, -0.05) is 12.1 Å². The lowest BCUT2D eigenvalue weighted by Crippen LogP contribution is -2.26. The molecule has 0 aromatic heterocycles. The highest BCUT2D eigenvalue weighted by molar-refractivity contribution is 5.99. The summed E-state index contributed by atoms with van der Waals surface area (Å²) >= 11 is 0. The maximum absolute atomic E-state index is 11.3. The van der Waals surface area contributed by atoms with E-state index in [0.29, 0.717) is 5.56 Å². The Balaban J connectivity index is 2.96. The highest BCUT2D eigenvalue weighted by Crippen LogP contribution is 2.11. The van der Waals surface area contributed by atoms with Crippen LogP contribution in [0.4, 0.5) is 0 Å². The molecule has 0 aliphatic rings. The molecule has 12 heavy (non-hydrogen) atoms. The van der Waals surface area contributed by atoms with Gasteiger partial charge in [0.25, 0.3) is 0 Å². The highest BCUT2D eigenvalue weighted by atomic mass is 16.3. The molecule has 0 fully saturated rings. The number of benzene rings is 1. The van der Waals surface area contributed by atoms with Gasteiger partial charge in [-0.3, -0.25) is 4.79 Å². The summed E-state index contributed by atoms with van der Waals surface area (Å²) in [7, 11) is 0. The van der Waals surface area contributed by atoms with Crippen molar-refractivity contribution in [3.8, 4) is 5.75 Å². The number of nitrogens with two attached hydrogens (primary N) is 1. The van der Waals surface area contributed by atoms with Crippen molar-refractivity contribution in [2.75, 3.05) is 0 Å². The van der Waals surface area contributed by atoms with E-state index < -0.39 is 6.04 Å². The average Bonchev–Trinajstić information content (AvgIpc) is 2.03. The lowest BCUT2D eigenvalue weighted by atomic mass is 10.1. The fourth-order valence-electron chi connectivity index (χ4n) is 0.922. The van der Waals surface area contributed by atoms with Crippen LogP contribution >= 0.6 is 0 Å². The number of hydrogen-bond acceptors (Lipinski definition) is 3. The second-order valence-electron chi connectivity index (χ2n) is 2.70. The third-order valence-electron chi connectivity index (χ3n) is 1.54. The number of rotatable bonds is 2. The molecular formula is C9H11NO2. The predicted octanol–water partition coefficient (Wildman–Crippen LogP) is 0.922. The van der Waals surface area contributed by atoms with E-state index >= 15 is 0 Å². The van der Waals surface area contributed by atoms with Gasteiger partial charge in [-0.25, -0.2) is 0 Å². The molecular weight excluding hydrogens is 154 g/mol. The fraction of sp³-hybridized carbons (Fsp3) is 0.222. The molecule has 1 aromatic rings. The van der Waals surface area contributed by atoms with Crippen LogP contribution in [0.2, 0.25) is 0 Å². The topological polar surface area (TPSA) is 63.3 Å². The molecule has 1 aromatic carbocycles. The van der Waals surface area contributed by atoms with Crippen LogP contribution in [-0.4, -0.2) is 16.9 Å². The molecule has 0 bridgehead atoms. The molecule has 0 aliphatic carbocycles. The summed E-state index contributed by atoms with van der Waals surface area (Å²) in [4.78, 5) is 11.3. The van der Waals surface area contributed by atoms with Gasteiger partial charge in [0.2, 0.25) is 0 Å². The number of Topliss-reactive ketones (excluding diaryl/α,β-unsaturated/α-hetero) is 1. The standard InChI is InChI=1S/C9H11NO2/c1-6(10)9(12)7-3-2-4-8(11)5-7/h2-6,11H,10H2,1H3. The Hall–Kier alpha value is -1.35. The second kappa shape index (κ2) is 3.36. The van der Waals surface area contributed by atoms with Crippen molar-refractivity contribution in [2.24, 2.45) is 5.73 Å². The van der Waals surface area contributed by atoms with Gasteiger partial charge in [0.15, 0.2) is 5.78 Å². The van der Waals surface area contributed by atoms with Gasteiger partial charge in [-0.15, -0.1) is 0 Å². The summed E-state index contributed by atoms with van der Waals surface area (Å²) in [6.45, 7) is 1.62. The van der Waals surface area contributed by atoms with Gasteiger partial charge in [-0.05, 0) is 19.1 Å². The summed E-state index contributed by atoms with van der Waals surface area (Å²) in [6, 6.07) is 5.65. The molecule has 0 spiro atoms. The number of aromatic hydroxyl groups is 1. The Morgan fingerprint density at radius 3 is 2.75 bits per heavy atom. The molecule has 0 amide bonds. The highest BCUT2D eigenvalue weighted by Gasteiger charge is 2.10. The lowest BCUT2D eigenvalue weighted by Gasteiger charge is -2.03. The minimum atomic E-state index is -0.521. The van der Waals surface area contributed by atoms with Gasteiger partial charge >= 0.3 is 0 Å². The van der Waals surface area contributed by atoms with Crippen molar-refractivity contribution in [3.05, 3.63) is 29.8 Å². The van der Waals surface area contributed by atoms with E-state index in [9.17, 15) is 4.79 Å². The molecule has 3 N–H and O–H groups in total. The van der Waals surface area contributed by atoms with E-state index in [-0.39, 0.29) is 11.5 Å². The summed E-state index contributed by atoms with van der Waals surface area (Å²) in [6.07, 6.45) is 0. The number of hydrogen-bond donors (Lipinski definition) is 2. The quantitative estimate of drug-likeness (QED) is 0.640. The van der Waals surface area contributed by atoms with Crippen molar-refractivity contribution < 1.29 is 9.90 Å². The Kier molecular flexibility index (Phi) is 2.45. The molecule has 1 unspecified atom stereocenters. The first kappa shape index (κ1) is 8.74. The second-order valence-corrected chi connectivity index (χ2v) is 2.70. The minimum absolute atomic E-state index is 0.0847. The van der Waals surface area contributed by atoms with Crippen molar-refractivity contribution in [1.29, 1.82) is 0 Å². The van der Waals surface area contributed by atoms with E-state index in [1.165, 1.54) is 12.1 Å². The molecule has 1 rings (SSSR count). The van der Waals surface area contributed by atoms with Crippen LogP contribution in [0.15, 0.2) is 24.3 Å². The number of ketones is 1. The van der Waals surface area contributed by atoms with Crippen molar-refractivity contribution in [3.63, 3.8) is 0 Å². The van der Waals surface area contributed by atoms with Gasteiger partial charge in [0.1, 0.15) is 5.75 Å². The number of phenols is 1. The predicted molar refractivity (Wildman–Crippen MR) is 46.1 cm³/mol. The van der Waals surface area contributed by atoms with Crippen molar-refractivity contribution in [1.82, 2.24) is 0 Å². The Bertz CT molecular complexity index is 294.